The third-order valence-corrected chi connectivity index (χ3v) is 5.30. The Morgan fingerprint density at radius 2 is 2.31 bits per heavy atom. The number of halogens is 1. The van der Waals surface area contributed by atoms with Crippen molar-refractivity contribution in [2.45, 2.75) is 45.6 Å². The summed E-state index contributed by atoms with van der Waals surface area (Å²) in [6, 6.07) is 0. The number of hydrogen-bond donors (Lipinski definition) is 2. The van der Waals surface area contributed by atoms with Crippen LogP contribution in [0, 0.1) is 5.92 Å². The minimum atomic E-state index is -0.232. The van der Waals surface area contributed by atoms with Gasteiger partial charge in [0, 0.05) is 25.4 Å². The predicted molar refractivity (Wildman–Crippen MR) is 101 cm³/mol. The number of imidazole rings is 1. The lowest BCUT2D eigenvalue weighted by Crippen LogP contribution is -2.39. The molecule has 0 spiro atoms. The highest BCUT2D eigenvalue weighted by Crippen LogP contribution is 2.32. The molecule has 8 nitrogen and oxygen atoms in total. The number of nitrogens with one attached hydrogen (secondary N) is 1. The number of nitrogen functional groups attached to an aromatic ring is 1. The summed E-state index contributed by atoms with van der Waals surface area (Å²) in [7, 11) is 2.01. The van der Waals surface area contributed by atoms with Crippen LogP contribution >= 0.6 is 11.6 Å². The zero-order chi connectivity index (χ0) is 18.8. The third-order valence-electron chi connectivity index (χ3n) is 5.13. The first-order chi connectivity index (χ1) is 12.4. The standard InChI is InChI=1S/C17H27ClN6O2/c1-4-12-11(2)9-13(26-12)24-10-23(8-7-22(3)6-5-18)14-15(24)20-17(19)21-16(14)25/h10-13H,4-9H2,1-3H3,(H2-,19,20,21,25)/p+1/t11-,12-,13-/m1/s1. The van der Waals surface area contributed by atoms with Crippen molar-refractivity contribution in [3.8, 4) is 0 Å². The minimum absolute atomic E-state index is 0.117. The molecule has 0 amide bonds. The second kappa shape index (κ2) is 7.94. The minimum Gasteiger partial charge on any atom is -0.355 e. The first-order valence-corrected chi connectivity index (χ1v) is 9.67. The van der Waals surface area contributed by atoms with Gasteiger partial charge in [-0.05, 0) is 19.4 Å². The molecule has 144 valence electrons. The Kier molecular flexibility index (Phi) is 5.84. The number of fused-ring (bicyclic) bond motifs is 1. The van der Waals surface area contributed by atoms with E-state index in [9.17, 15) is 4.79 Å². The average Bonchev–Trinajstić information content (AvgIpc) is 3.13. The van der Waals surface area contributed by atoms with E-state index in [-0.39, 0.29) is 23.8 Å². The number of nitrogens with two attached hydrogens (primary N) is 1. The Morgan fingerprint density at radius 1 is 1.54 bits per heavy atom. The topological polar surface area (TPSA) is 93.0 Å². The maximum atomic E-state index is 12.5. The second-order valence-corrected chi connectivity index (χ2v) is 7.46. The number of aromatic amines is 1. The molecule has 2 aromatic rings. The van der Waals surface area contributed by atoms with Crippen molar-refractivity contribution in [1.29, 1.82) is 0 Å². The normalized spacial score (nSPS) is 23.3. The molecule has 1 aliphatic rings. The number of H-pyrrole nitrogens is 1. The van der Waals surface area contributed by atoms with E-state index >= 15 is 0 Å². The Morgan fingerprint density at radius 3 is 2.96 bits per heavy atom. The summed E-state index contributed by atoms with van der Waals surface area (Å²) in [6.45, 7) is 6.56. The molecule has 3 atom stereocenters. The maximum Gasteiger partial charge on any atom is 0.313 e. The van der Waals surface area contributed by atoms with Gasteiger partial charge >= 0.3 is 5.65 Å². The summed E-state index contributed by atoms with van der Waals surface area (Å²) < 4.78 is 10.1. The van der Waals surface area contributed by atoms with Gasteiger partial charge in [-0.2, -0.15) is 0 Å². The summed E-state index contributed by atoms with van der Waals surface area (Å²) in [5.74, 6) is 1.16. The first-order valence-electron chi connectivity index (χ1n) is 9.14. The Bertz CT molecular complexity index is 819. The Balaban J connectivity index is 1.97. The van der Waals surface area contributed by atoms with Gasteiger partial charge in [0.1, 0.15) is 0 Å². The van der Waals surface area contributed by atoms with Crippen LogP contribution in [-0.4, -0.2) is 51.6 Å². The van der Waals surface area contributed by atoms with Gasteiger partial charge in [0.15, 0.2) is 12.6 Å². The molecule has 0 aliphatic carbocycles. The number of alkyl halides is 1. The van der Waals surface area contributed by atoms with Gasteiger partial charge in [-0.25, -0.2) is 4.57 Å². The fourth-order valence-corrected chi connectivity index (χ4v) is 3.92. The van der Waals surface area contributed by atoms with Crippen LogP contribution in [0.2, 0.25) is 0 Å². The van der Waals surface area contributed by atoms with Crippen molar-refractivity contribution < 1.29 is 9.30 Å². The van der Waals surface area contributed by atoms with Crippen LogP contribution in [0.25, 0.3) is 11.2 Å². The van der Waals surface area contributed by atoms with Crippen molar-refractivity contribution in [3.63, 3.8) is 0 Å². The van der Waals surface area contributed by atoms with Crippen LogP contribution in [0.4, 0.5) is 5.95 Å². The van der Waals surface area contributed by atoms with E-state index in [1.165, 1.54) is 0 Å². The van der Waals surface area contributed by atoms with Crippen LogP contribution < -0.4 is 15.9 Å². The molecule has 3 N–H and O–H groups in total. The van der Waals surface area contributed by atoms with E-state index < -0.39 is 0 Å². The van der Waals surface area contributed by atoms with Crippen LogP contribution in [0.5, 0.6) is 0 Å². The van der Waals surface area contributed by atoms with Crippen molar-refractivity contribution in [2.75, 3.05) is 31.8 Å². The van der Waals surface area contributed by atoms with Gasteiger partial charge < -0.3 is 15.4 Å². The Hall–Kier alpha value is -1.64. The average molecular weight is 384 g/mol. The predicted octanol–water partition coefficient (Wildman–Crippen LogP) is 1.10. The van der Waals surface area contributed by atoms with Gasteiger partial charge in [-0.3, -0.25) is 14.3 Å². The molecule has 3 rings (SSSR count). The monoisotopic (exact) mass is 383 g/mol. The van der Waals surface area contributed by atoms with Gasteiger partial charge in [0.05, 0.1) is 12.6 Å². The van der Waals surface area contributed by atoms with Crippen LogP contribution in [0.3, 0.4) is 0 Å². The van der Waals surface area contributed by atoms with Crippen LogP contribution in [0.15, 0.2) is 11.1 Å². The molecule has 1 fully saturated rings. The zero-order valence-electron chi connectivity index (χ0n) is 15.6. The first kappa shape index (κ1) is 19.1. The number of ether oxygens (including phenoxy) is 1. The zero-order valence-corrected chi connectivity index (χ0v) is 16.4. The molecule has 0 saturated carbocycles. The highest BCUT2D eigenvalue weighted by atomic mass is 35.5. The molecule has 26 heavy (non-hydrogen) atoms. The van der Waals surface area contributed by atoms with Crippen molar-refractivity contribution >= 4 is 28.7 Å². The molecule has 0 unspecified atom stereocenters. The summed E-state index contributed by atoms with van der Waals surface area (Å²) >= 11 is 5.80. The molecule has 0 radical (unpaired) electrons. The lowest BCUT2D eigenvalue weighted by atomic mass is 10.0. The van der Waals surface area contributed by atoms with Crippen LogP contribution in [0.1, 0.15) is 32.9 Å². The van der Waals surface area contributed by atoms with E-state index in [4.69, 9.17) is 22.1 Å². The van der Waals surface area contributed by atoms with E-state index in [0.29, 0.717) is 29.5 Å². The Labute approximate surface area is 157 Å². The molecule has 1 aliphatic heterocycles. The van der Waals surface area contributed by atoms with Gasteiger partial charge in [-0.15, -0.1) is 11.6 Å². The van der Waals surface area contributed by atoms with Gasteiger partial charge in [0.25, 0.3) is 11.5 Å². The number of hydrogen-bond acceptors (Lipinski definition) is 5. The molecule has 9 heteroatoms. The second-order valence-electron chi connectivity index (χ2n) is 7.08. The quantitative estimate of drug-likeness (QED) is 0.551. The molecular formula is C17H28ClN6O2+. The van der Waals surface area contributed by atoms with Crippen molar-refractivity contribution in [3.05, 3.63) is 16.7 Å². The number of aromatic nitrogens is 4. The van der Waals surface area contributed by atoms with Gasteiger partial charge in [0.2, 0.25) is 5.52 Å². The molecular weight excluding hydrogens is 356 g/mol. The van der Waals surface area contributed by atoms with Gasteiger partial charge in [-0.1, -0.05) is 18.8 Å². The molecule has 0 aromatic carbocycles. The smallest absolute Gasteiger partial charge is 0.313 e. The fraction of sp³-hybridized carbons (Fsp3) is 0.706. The number of anilines is 1. The lowest BCUT2D eigenvalue weighted by molar-refractivity contribution is -0.739. The van der Waals surface area contributed by atoms with E-state index in [2.05, 4.69) is 28.7 Å². The molecule has 1 saturated heterocycles. The summed E-state index contributed by atoms with van der Waals surface area (Å²) in [4.78, 5) is 21.6. The van der Waals surface area contributed by atoms with Crippen molar-refractivity contribution in [1.82, 2.24) is 19.4 Å². The maximum absolute atomic E-state index is 12.5. The molecule has 3 heterocycles. The number of nitrogens with zero attached hydrogens (tertiary/aromatic N) is 4. The SMILES string of the molecule is CC[C@H]1O[C@@H]([n+]2cn(CCN(C)CCCl)c3c(=O)[nH]c(N)nc32)C[C@H]1C. The third kappa shape index (κ3) is 3.72. The number of likely N-dealkylation sites (N-methyl/N-ethyl adjacent to an activating group) is 1. The van der Waals surface area contributed by atoms with Crippen LogP contribution in [-0.2, 0) is 11.3 Å². The highest BCUT2D eigenvalue weighted by molar-refractivity contribution is 6.18. The van der Waals surface area contributed by atoms with Crippen molar-refractivity contribution in [2.24, 2.45) is 5.92 Å². The number of rotatable bonds is 7. The summed E-state index contributed by atoms with van der Waals surface area (Å²) in [5.41, 5.74) is 6.65. The summed E-state index contributed by atoms with van der Waals surface area (Å²) in [5, 5.41) is 0. The highest BCUT2D eigenvalue weighted by Gasteiger charge is 2.37. The summed E-state index contributed by atoms with van der Waals surface area (Å²) in [6.07, 6.45) is 3.88. The molecule has 2 aromatic heterocycles. The van der Waals surface area contributed by atoms with E-state index in [1.54, 1.807) is 0 Å². The fourth-order valence-electron chi connectivity index (χ4n) is 3.63. The lowest BCUT2D eigenvalue weighted by Gasteiger charge is -2.13. The molecule has 0 bridgehead atoms. The van der Waals surface area contributed by atoms with E-state index in [1.807, 2.05) is 22.5 Å². The largest absolute Gasteiger partial charge is 0.355 e. The van der Waals surface area contributed by atoms with E-state index in [0.717, 1.165) is 25.9 Å².